The minimum Gasteiger partial charge on any atom is -0.392 e. The average Bonchev–Trinajstić information content (AvgIpc) is 1.92. The van der Waals surface area contributed by atoms with Crippen molar-refractivity contribution >= 4 is 0 Å². The lowest BCUT2D eigenvalue weighted by Crippen LogP contribution is -2.53. The molecule has 2 nitrogen and oxygen atoms in total. The molecule has 0 saturated carbocycles. The molecule has 0 aromatic carbocycles. The second-order valence-electron chi connectivity index (χ2n) is 4.90. The smallest absolute Gasteiger partial charge is 0.0668 e. The number of aliphatic hydroxyl groups is 1. The zero-order chi connectivity index (χ0) is 9.35. The Morgan fingerprint density at radius 1 is 1.25 bits per heavy atom. The third-order valence-corrected chi connectivity index (χ3v) is 2.72. The minimum atomic E-state index is -0.111. The lowest BCUT2D eigenvalue weighted by Gasteiger charge is -2.44. The van der Waals surface area contributed by atoms with Crippen LogP contribution in [0.15, 0.2) is 0 Å². The van der Waals surface area contributed by atoms with Gasteiger partial charge in [-0.15, -0.1) is 0 Å². The first-order chi connectivity index (χ1) is 5.41. The summed E-state index contributed by atoms with van der Waals surface area (Å²) in [7, 11) is 0. The Morgan fingerprint density at radius 3 is 2.25 bits per heavy atom. The van der Waals surface area contributed by atoms with E-state index in [2.05, 4.69) is 32.6 Å². The molecule has 12 heavy (non-hydrogen) atoms. The number of nitrogens with zero attached hydrogens (tertiary/aromatic N) is 1. The van der Waals surface area contributed by atoms with Crippen LogP contribution in [0.3, 0.4) is 0 Å². The molecule has 72 valence electrons. The van der Waals surface area contributed by atoms with Crippen molar-refractivity contribution < 1.29 is 5.11 Å². The average molecular weight is 171 g/mol. The van der Waals surface area contributed by atoms with Gasteiger partial charge in [0, 0.05) is 18.1 Å². The Balaban J connectivity index is 2.61. The predicted molar refractivity (Wildman–Crippen MR) is 51.2 cm³/mol. The largest absolute Gasteiger partial charge is 0.392 e. The van der Waals surface area contributed by atoms with Crippen molar-refractivity contribution in [3.63, 3.8) is 0 Å². The summed E-state index contributed by atoms with van der Waals surface area (Å²) in [6.45, 7) is 9.71. The highest BCUT2D eigenvalue weighted by molar-refractivity contribution is 4.86. The van der Waals surface area contributed by atoms with Gasteiger partial charge in [0.1, 0.15) is 0 Å². The van der Waals surface area contributed by atoms with Crippen LogP contribution in [-0.4, -0.2) is 34.2 Å². The highest BCUT2D eigenvalue weighted by Crippen LogP contribution is 2.25. The van der Waals surface area contributed by atoms with Crippen LogP contribution in [-0.2, 0) is 0 Å². The van der Waals surface area contributed by atoms with Gasteiger partial charge in [-0.2, -0.15) is 0 Å². The van der Waals surface area contributed by atoms with Crippen molar-refractivity contribution in [1.29, 1.82) is 0 Å². The van der Waals surface area contributed by atoms with Crippen molar-refractivity contribution in [2.45, 2.75) is 58.2 Å². The molecule has 0 spiro atoms. The molecule has 0 aliphatic carbocycles. The molecule has 0 unspecified atom stereocenters. The molecule has 1 fully saturated rings. The summed E-state index contributed by atoms with van der Waals surface area (Å²) in [5, 5.41) is 9.52. The van der Waals surface area contributed by atoms with Crippen molar-refractivity contribution in [2.24, 2.45) is 0 Å². The fourth-order valence-corrected chi connectivity index (χ4v) is 2.02. The molecular weight excluding hydrogens is 150 g/mol. The summed E-state index contributed by atoms with van der Waals surface area (Å²) in [6.07, 6.45) is 1.98. The Bertz CT molecular complexity index is 150. The van der Waals surface area contributed by atoms with Crippen LogP contribution in [0.25, 0.3) is 0 Å². The van der Waals surface area contributed by atoms with Gasteiger partial charge in [-0.3, -0.25) is 4.90 Å². The monoisotopic (exact) mass is 171 g/mol. The Morgan fingerprint density at radius 2 is 1.83 bits per heavy atom. The van der Waals surface area contributed by atoms with Crippen LogP contribution in [0.4, 0.5) is 0 Å². The normalized spacial score (nSPS) is 33.8. The van der Waals surface area contributed by atoms with Gasteiger partial charge < -0.3 is 5.11 Å². The third-order valence-electron chi connectivity index (χ3n) is 2.72. The van der Waals surface area contributed by atoms with Crippen molar-refractivity contribution in [1.82, 2.24) is 4.90 Å². The number of hydrogen-bond donors (Lipinski definition) is 1. The van der Waals surface area contributed by atoms with Crippen LogP contribution >= 0.6 is 0 Å². The topological polar surface area (TPSA) is 23.5 Å². The van der Waals surface area contributed by atoms with E-state index in [1.165, 1.54) is 0 Å². The number of hydrogen-bond acceptors (Lipinski definition) is 2. The van der Waals surface area contributed by atoms with E-state index in [-0.39, 0.29) is 11.6 Å². The predicted octanol–water partition coefficient (Wildman–Crippen LogP) is 1.63. The zero-order valence-electron chi connectivity index (χ0n) is 8.67. The number of likely N-dealkylation sites (tertiary alicyclic amines) is 1. The molecule has 0 amide bonds. The van der Waals surface area contributed by atoms with Gasteiger partial charge in [0.25, 0.3) is 0 Å². The second-order valence-corrected chi connectivity index (χ2v) is 4.90. The Labute approximate surface area is 75.6 Å². The van der Waals surface area contributed by atoms with E-state index in [9.17, 15) is 5.11 Å². The van der Waals surface area contributed by atoms with Crippen molar-refractivity contribution in [2.75, 3.05) is 6.54 Å². The van der Waals surface area contributed by atoms with Crippen LogP contribution < -0.4 is 0 Å². The van der Waals surface area contributed by atoms with Gasteiger partial charge in [-0.25, -0.2) is 0 Å². The highest BCUT2D eigenvalue weighted by atomic mass is 16.3. The summed E-state index contributed by atoms with van der Waals surface area (Å²) < 4.78 is 0. The molecule has 2 atom stereocenters. The van der Waals surface area contributed by atoms with Crippen molar-refractivity contribution in [3.8, 4) is 0 Å². The summed E-state index contributed by atoms with van der Waals surface area (Å²) in [6, 6.07) is 0.619. The SMILES string of the molecule is C[C@@H]1CC[C@@H](O)CN1C(C)(C)C. The van der Waals surface area contributed by atoms with Crippen LogP contribution in [0, 0.1) is 0 Å². The molecule has 2 heteroatoms. The fraction of sp³-hybridized carbons (Fsp3) is 1.00. The number of piperidine rings is 1. The quantitative estimate of drug-likeness (QED) is 0.599. The molecule has 1 heterocycles. The summed E-state index contributed by atoms with van der Waals surface area (Å²) in [4.78, 5) is 2.39. The molecule has 1 aliphatic heterocycles. The first kappa shape index (κ1) is 10.0. The van der Waals surface area contributed by atoms with Gasteiger partial charge in [0.2, 0.25) is 0 Å². The molecular formula is C10H21NO. The van der Waals surface area contributed by atoms with E-state index in [1.807, 2.05) is 0 Å². The zero-order valence-corrected chi connectivity index (χ0v) is 8.67. The molecule has 0 aromatic rings. The summed E-state index contributed by atoms with van der Waals surface area (Å²) in [5.41, 5.74) is 0.195. The second kappa shape index (κ2) is 3.35. The van der Waals surface area contributed by atoms with Crippen LogP contribution in [0.1, 0.15) is 40.5 Å². The van der Waals surface area contributed by atoms with Gasteiger partial charge >= 0.3 is 0 Å². The first-order valence-electron chi connectivity index (χ1n) is 4.86. The Kier molecular flexibility index (Phi) is 2.79. The maximum absolute atomic E-state index is 9.52. The van der Waals surface area contributed by atoms with E-state index in [1.54, 1.807) is 0 Å². The molecule has 0 bridgehead atoms. The fourth-order valence-electron chi connectivity index (χ4n) is 2.02. The lowest BCUT2D eigenvalue weighted by molar-refractivity contribution is -0.0101. The van der Waals surface area contributed by atoms with E-state index in [0.29, 0.717) is 6.04 Å². The van der Waals surface area contributed by atoms with Gasteiger partial charge in [0.15, 0.2) is 0 Å². The van der Waals surface area contributed by atoms with E-state index >= 15 is 0 Å². The van der Waals surface area contributed by atoms with Gasteiger partial charge in [-0.1, -0.05) is 0 Å². The van der Waals surface area contributed by atoms with Gasteiger partial charge in [-0.05, 0) is 40.5 Å². The molecule has 1 saturated heterocycles. The number of rotatable bonds is 0. The van der Waals surface area contributed by atoms with Crippen LogP contribution in [0.2, 0.25) is 0 Å². The molecule has 0 radical (unpaired) electrons. The molecule has 1 rings (SSSR count). The maximum Gasteiger partial charge on any atom is 0.0668 e. The number of β-amino-alcohol motifs (C(OH)–C–C–N with tert-alkyl or cyclic N) is 1. The third kappa shape index (κ3) is 2.20. The minimum absolute atomic E-state index is 0.111. The summed E-state index contributed by atoms with van der Waals surface area (Å²) >= 11 is 0. The first-order valence-corrected chi connectivity index (χ1v) is 4.86. The van der Waals surface area contributed by atoms with Gasteiger partial charge in [0.05, 0.1) is 6.10 Å². The standard InChI is InChI=1S/C10H21NO/c1-8-5-6-9(12)7-11(8)10(2,3)4/h8-9,12H,5-7H2,1-4H3/t8-,9-/m1/s1. The van der Waals surface area contributed by atoms with E-state index < -0.39 is 0 Å². The molecule has 0 aromatic heterocycles. The lowest BCUT2D eigenvalue weighted by atomic mass is 9.94. The van der Waals surface area contributed by atoms with Crippen LogP contribution in [0.5, 0.6) is 0 Å². The number of aliphatic hydroxyl groups excluding tert-OH is 1. The van der Waals surface area contributed by atoms with Crippen molar-refractivity contribution in [3.05, 3.63) is 0 Å². The van der Waals surface area contributed by atoms with E-state index in [0.717, 1.165) is 19.4 Å². The molecule has 1 aliphatic rings. The molecule has 1 N–H and O–H groups in total. The highest BCUT2D eigenvalue weighted by Gasteiger charge is 2.31. The van der Waals surface area contributed by atoms with E-state index in [4.69, 9.17) is 0 Å². The maximum atomic E-state index is 9.52. The summed E-state index contributed by atoms with van der Waals surface area (Å²) in [5.74, 6) is 0. The Hall–Kier alpha value is -0.0800.